The number of amides is 4. The van der Waals surface area contributed by atoms with Crippen molar-refractivity contribution < 1.29 is 118 Å². The summed E-state index contributed by atoms with van der Waals surface area (Å²) in [4.78, 5) is 95.5. The summed E-state index contributed by atoms with van der Waals surface area (Å²) < 4.78 is 242. The Hall–Kier alpha value is -12.2. The van der Waals surface area contributed by atoms with Crippen LogP contribution in [0.2, 0.25) is 0 Å². The number of alkyl carbamates (subject to hydrolysis) is 2. The number of imidazole rings is 3. The van der Waals surface area contributed by atoms with Gasteiger partial charge in [0.2, 0.25) is 23.4 Å². The van der Waals surface area contributed by atoms with Gasteiger partial charge in [-0.1, -0.05) is 0 Å². The van der Waals surface area contributed by atoms with Crippen LogP contribution in [0.5, 0.6) is 0 Å². The molecule has 7 aromatic heterocycles. The maximum absolute atomic E-state index is 14.2. The molecule has 114 heavy (non-hydrogen) atoms. The average Bonchev–Trinajstić information content (AvgIpc) is 1.64. The molecule has 0 aliphatic carbocycles. The molecule has 2 aromatic carbocycles. The van der Waals surface area contributed by atoms with E-state index >= 15 is 0 Å². The Balaban J connectivity index is 0.000000254. The lowest BCUT2D eigenvalue weighted by atomic mass is 10.0. The van der Waals surface area contributed by atoms with E-state index in [0.717, 1.165) is 27.1 Å². The molecular weight excluding hydrogens is 1570 g/mol. The number of nitriles is 1. The molecule has 0 spiro atoms. The third-order valence-electron chi connectivity index (χ3n) is 14.3. The molecule has 9 aromatic rings. The number of nitrogens with one attached hydrogen (secondary N) is 4. The summed E-state index contributed by atoms with van der Waals surface area (Å²) in [6, 6.07) is 1.74. The van der Waals surface area contributed by atoms with Crippen LogP contribution in [0.1, 0.15) is 111 Å². The zero-order valence-electron chi connectivity index (χ0n) is 60.5. The maximum Gasteiger partial charge on any atom is 0.471 e. The van der Waals surface area contributed by atoms with Crippen LogP contribution in [0, 0.1) is 46.2 Å². The Kier molecular flexibility index (Phi) is 33.5. The van der Waals surface area contributed by atoms with E-state index in [1.807, 2.05) is 6.07 Å². The van der Waals surface area contributed by atoms with Crippen molar-refractivity contribution in [2.45, 2.75) is 154 Å². The minimum atomic E-state index is -4.86. The quantitative estimate of drug-likeness (QED) is 0.0461. The van der Waals surface area contributed by atoms with Crippen LogP contribution in [0.25, 0.3) is 5.52 Å². The first-order chi connectivity index (χ1) is 53.2. The Morgan fingerprint density at radius 2 is 1.02 bits per heavy atom. The molecule has 46 heteroatoms. The Morgan fingerprint density at radius 3 is 1.46 bits per heavy atom. The monoisotopic (exact) mass is 1640 g/mol. The molecule has 0 fully saturated rings. The van der Waals surface area contributed by atoms with E-state index in [4.69, 9.17) is 25.6 Å². The summed E-state index contributed by atoms with van der Waals surface area (Å²) in [6.07, 6.45) is -1.06. The highest BCUT2D eigenvalue weighted by atomic mass is 19.4. The lowest BCUT2D eigenvalue weighted by Crippen LogP contribution is -2.45. The van der Waals surface area contributed by atoms with Crippen molar-refractivity contribution in [1.29, 1.82) is 5.26 Å². The van der Waals surface area contributed by atoms with Gasteiger partial charge in [0.05, 0.1) is 85.0 Å². The van der Waals surface area contributed by atoms with Gasteiger partial charge in [0.25, 0.3) is 0 Å². The largest absolute Gasteiger partial charge is 0.481 e. The number of alkyl halides is 12. The second-order valence-corrected chi connectivity index (χ2v) is 25.5. The van der Waals surface area contributed by atoms with Gasteiger partial charge in [-0.25, -0.2) is 55.9 Å². The zero-order chi connectivity index (χ0) is 85.1. The van der Waals surface area contributed by atoms with E-state index in [-0.39, 0.29) is 61.5 Å². The normalized spacial score (nSPS) is 13.0. The number of carboxylic acids is 1. The Labute approximate surface area is 634 Å². The van der Waals surface area contributed by atoms with Crippen molar-refractivity contribution in [2.75, 3.05) is 13.1 Å². The van der Waals surface area contributed by atoms with Crippen molar-refractivity contribution in [1.82, 2.24) is 89.5 Å². The number of benzene rings is 2. The fourth-order valence-electron chi connectivity index (χ4n) is 9.52. The molecule has 2 aliphatic heterocycles. The Morgan fingerprint density at radius 1 is 0.553 bits per heavy atom. The van der Waals surface area contributed by atoms with E-state index in [2.05, 4.69) is 65.8 Å². The lowest BCUT2D eigenvalue weighted by Gasteiger charge is -2.31. The molecule has 2 aliphatic rings. The number of carbonyl (C=O) groups is 5. The summed E-state index contributed by atoms with van der Waals surface area (Å²) in [7, 11) is 0. The second-order valence-electron chi connectivity index (χ2n) is 25.5. The molecule has 7 N–H and O–H groups in total. The predicted molar refractivity (Wildman–Crippen MR) is 359 cm³/mol. The minimum Gasteiger partial charge on any atom is -0.481 e. The van der Waals surface area contributed by atoms with Crippen LogP contribution in [-0.4, -0.2) is 146 Å². The van der Waals surface area contributed by atoms with Gasteiger partial charge in [-0.15, -0.1) is 0 Å². The summed E-state index contributed by atoms with van der Waals surface area (Å²) in [6.45, 7) is 10.9. The number of aromatic nitrogens is 13. The highest BCUT2D eigenvalue weighted by Crippen LogP contribution is 2.33. The van der Waals surface area contributed by atoms with Crippen molar-refractivity contribution in [3.05, 3.63) is 209 Å². The summed E-state index contributed by atoms with van der Waals surface area (Å²) >= 11 is 0. The molecule has 2 atom stereocenters. The summed E-state index contributed by atoms with van der Waals surface area (Å²) in [5.74, 6) is -13.9. The van der Waals surface area contributed by atoms with Gasteiger partial charge in [0.1, 0.15) is 28.9 Å². The number of hydrogen-bond donors (Lipinski definition) is 6. The molecule has 0 saturated heterocycles. The van der Waals surface area contributed by atoms with E-state index in [9.17, 15) is 103 Å². The smallest absolute Gasteiger partial charge is 0.471 e. The molecule has 616 valence electrons. The number of nitrogens with zero attached hydrogens (tertiary/aromatic N) is 15. The zero-order valence-corrected chi connectivity index (χ0v) is 60.5. The van der Waals surface area contributed by atoms with Gasteiger partial charge in [0, 0.05) is 126 Å². The lowest BCUT2D eigenvalue weighted by molar-refractivity contribution is -0.173. The number of ether oxygens (including phenoxy) is 2. The SMILES string of the molecule is CC(C)(C)OC(=O)N[C@@H](CC(=O)N1CCn2c(cnc2C(F)(F)F)C1)Cc1cc(F)c(F)cc1F.CC(C)(C)OC(=O)N[C@@H](CC(=O)O)Cc1cc(F)c(F)cc1F.FC(F)(F)c1ncc2cnccn12.FC(F)(F)c1ncc2n1CCNC2.N#Cc1cnccn1.NCc1cnccn1.O=C(NCc1cnccn1)C(F)(F)F. The molecule has 0 saturated carbocycles. The standard InChI is InChI=1S/C22H24F6N4O3.C15H18F3NO4.C7H6F3N3O.C7H8F3N3.C7H4F3N3.C5H7N3.C5H3N3/c1-21(2,3)35-20(34)30-13(6-12-7-16(24)17(25)9-15(12)23)8-18(33)31-4-5-32-14(11-31)10-29-19(32)22(26,27)28;1-15(2,3)23-14(22)19-9(6-13(20)21)4-8-5-11(17)12(18)7-10(8)16;8-7(9,10)6(14)13-4-5-3-11-1-2-12-5;2*8-7(9,10)6-12-4-5-3-11-1-2-13(5)6;2*6-3-5-4-7-1-2-8-5/h7,9-10,13H,4-6,8,11H2,1-3H3,(H,30,34);5,7,9H,4,6H2,1-3H3,(H,19,22)(H,20,21);1-3H,4H2,(H,13,14);4,11H,1-3H2;1-4H;1-2,4H,3,6H2;1-2,4H/t13-;9-;;;;;/m11...../s1. The van der Waals surface area contributed by atoms with Crippen molar-refractivity contribution >= 4 is 35.5 Å². The first-order valence-corrected chi connectivity index (χ1v) is 32.9. The van der Waals surface area contributed by atoms with Crippen LogP contribution >= 0.6 is 0 Å². The van der Waals surface area contributed by atoms with E-state index in [0.29, 0.717) is 67.3 Å². The molecular formula is C68H70F18N20O8. The first-order valence-electron chi connectivity index (χ1n) is 32.9. The number of aliphatic carboxylic acids is 1. The highest BCUT2D eigenvalue weighted by Gasteiger charge is 2.41. The fraction of sp³-hybridized carbons (Fsp3) is 0.382. The summed E-state index contributed by atoms with van der Waals surface area (Å²) in [5.41, 5.74) is 5.60. The van der Waals surface area contributed by atoms with E-state index in [1.54, 1.807) is 65.4 Å². The van der Waals surface area contributed by atoms with Crippen LogP contribution in [0.3, 0.4) is 0 Å². The van der Waals surface area contributed by atoms with Gasteiger partial charge in [-0.05, 0) is 77.6 Å². The van der Waals surface area contributed by atoms with Crippen molar-refractivity contribution in [3.63, 3.8) is 0 Å². The number of hydrogen-bond acceptors (Lipinski definition) is 20. The van der Waals surface area contributed by atoms with Crippen LogP contribution in [-0.2, 0) is 94.5 Å². The molecule has 9 heterocycles. The summed E-state index contributed by atoms with van der Waals surface area (Å²) in [5, 5.41) is 26.4. The Bertz CT molecular complexity index is 4670. The fourth-order valence-corrected chi connectivity index (χ4v) is 9.52. The predicted octanol–water partition coefficient (Wildman–Crippen LogP) is 10.9. The number of rotatable bonds is 13. The van der Waals surface area contributed by atoms with Crippen LogP contribution in [0.4, 0.5) is 88.6 Å². The molecule has 4 amide bonds. The van der Waals surface area contributed by atoms with Gasteiger partial charge in [-0.2, -0.15) is 57.9 Å². The third kappa shape index (κ3) is 31.2. The molecule has 0 unspecified atom stereocenters. The van der Waals surface area contributed by atoms with Gasteiger partial charge in [0.15, 0.2) is 29.0 Å². The third-order valence-corrected chi connectivity index (χ3v) is 14.3. The van der Waals surface area contributed by atoms with Crippen LogP contribution in [0.15, 0.2) is 117 Å². The molecule has 0 radical (unpaired) electrons. The number of carbonyl (C=O) groups excluding carboxylic acids is 4. The molecule has 11 rings (SSSR count). The number of nitrogens with two attached hydrogens (primary N) is 1. The second kappa shape index (κ2) is 41.4. The van der Waals surface area contributed by atoms with Gasteiger partial charge < -0.3 is 55.6 Å². The molecule has 0 bridgehead atoms. The molecule has 28 nitrogen and oxygen atoms in total. The maximum atomic E-state index is 14.2. The topological polar surface area (TPSA) is 368 Å². The number of halogens is 18. The van der Waals surface area contributed by atoms with Crippen molar-refractivity contribution in [3.8, 4) is 6.07 Å². The first kappa shape index (κ1) is 92.4. The van der Waals surface area contributed by atoms with E-state index in [1.165, 1.54) is 71.4 Å². The number of fused-ring (bicyclic) bond motifs is 3. The van der Waals surface area contributed by atoms with Crippen LogP contribution < -0.4 is 27.0 Å². The minimum absolute atomic E-state index is 0.0516. The van der Waals surface area contributed by atoms with Gasteiger partial charge in [-0.3, -0.25) is 48.7 Å². The van der Waals surface area contributed by atoms with E-state index < -0.39 is 143 Å². The van der Waals surface area contributed by atoms with Gasteiger partial charge >= 0.3 is 48.8 Å². The van der Waals surface area contributed by atoms with Crippen molar-refractivity contribution in [2.24, 2.45) is 5.73 Å². The number of carboxylic acid groups (broad SMARTS) is 1. The average molecular weight is 1640 g/mol. The highest BCUT2D eigenvalue weighted by molar-refractivity contribution is 5.81.